The van der Waals surface area contributed by atoms with Crippen LogP contribution < -0.4 is 0 Å². The van der Waals surface area contributed by atoms with Crippen molar-refractivity contribution in [2.75, 3.05) is 13.2 Å². The van der Waals surface area contributed by atoms with Gasteiger partial charge < -0.3 is 9.47 Å². The molecule has 0 unspecified atom stereocenters. The molecule has 0 amide bonds. The van der Waals surface area contributed by atoms with E-state index in [9.17, 15) is 0 Å². The summed E-state index contributed by atoms with van der Waals surface area (Å²) in [6.45, 7) is 14.2. The molecule has 86 valence electrons. The summed E-state index contributed by atoms with van der Waals surface area (Å²) in [6, 6.07) is 0. The maximum Gasteiger partial charge on any atom is 0.172 e. The highest BCUT2D eigenvalue weighted by atomic mass is 16.7. The lowest BCUT2D eigenvalue weighted by atomic mass is 9.87. The molecule has 0 radical (unpaired) electrons. The molecule has 2 fully saturated rings. The third kappa shape index (κ3) is 1.85. The standard InChI is InChI=1S/C13H22O2/c1-6-12(4,5)10-7-13(10)14-8-11(2,3)9-15-13/h6,10H,1,7-9H2,2-5H3/t10-/m0/s1. The molecule has 2 aliphatic rings. The molecule has 2 heteroatoms. The minimum Gasteiger partial charge on any atom is -0.349 e. The van der Waals surface area contributed by atoms with Crippen molar-refractivity contribution in [1.29, 1.82) is 0 Å². The molecule has 1 heterocycles. The van der Waals surface area contributed by atoms with Crippen molar-refractivity contribution < 1.29 is 9.47 Å². The number of hydrogen-bond acceptors (Lipinski definition) is 2. The Morgan fingerprint density at radius 3 is 2.27 bits per heavy atom. The predicted molar refractivity (Wildman–Crippen MR) is 60.5 cm³/mol. The van der Waals surface area contributed by atoms with Crippen LogP contribution in [0, 0.1) is 16.7 Å². The maximum absolute atomic E-state index is 5.92. The molecule has 1 saturated carbocycles. The van der Waals surface area contributed by atoms with Crippen LogP contribution in [0.5, 0.6) is 0 Å². The highest BCUT2D eigenvalue weighted by Gasteiger charge is 2.64. The van der Waals surface area contributed by atoms with Crippen molar-refractivity contribution >= 4 is 0 Å². The summed E-state index contributed by atoms with van der Waals surface area (Å²) < 4.78 is 11.8. The van der Waals surface area contributed by atoms with Gasteiger partial charge in [0.15, 0.2) is 5.79 Å². The number of allylic oxidation sites excluding steroid dienone is 1. The Bertz CT molecular complexity index is 268. The molecule has 0 aromatic carbocycles. The average molecular weight is 210 g/mol. The lowest BCUT2D eigenvalue weighted by molar-refractivity contribution is -0.254. The molecule has 0 aromatic heterocycles. The van der Waals surface area contributed by atoms with Gasteiger partial charge in [0.1, 0.15) is 0 Å². The van der Waals surface area contributed by atoms with Crippen LogP contribution in [0.4, 0.5) is 0 Å². The third-order valence-corrected chi connectivity index (χ3v) is 3.70. The fourth-order valence-electron chi connectivity index (χ4n) is 2.24. The quantitative estimate of drug-likeness (QED) is 0.652. The molecule has 0 bridgehead atoms. The molecular formula is C13H22O2. The summed E-state index contributed by atoms with van der Waals surface area (Å²) in [5, 5.41) is 0. The van der Waals surface area contributed by atoms with Gasteiger partial charge in [0.05, 0.1) is 13.2 Å². The molecule has 2 nitrogen and oxygen atoms in total. The van der Waals surface area contributed by atoms with Gasteiger partial charge in [0.2, 0.25) is 0 Å². The number of rotatable bonds is 2. The van der Waals surface area contributed by atoms with E-state index >= 15 is 0 Å². The zero-order chi connectivity index (χ0) is 11.3. The third-order valence-electron chi connectivity index (χ3n) is 3.70. The van der Waals surface area contributed by atoms with E-state index < -0.39 is 0 Å². The highest BCUT2D eigenvalue weighted by molar-refractivity contribution is 5.11. The molecule has 2 rings (SSSR count). The summed E-state index contributed by atoms with van der Waals surface area (Å²) >= 11 is 0. The Hall–Kier alpha value is -0.340. The van der Waals surface area contributed by atoms with Crippen LogP contribution in [0.15, 0.2) is 12.7 Å². The summed E-state index contributed by atoms with van der Waals surface area (Å²) in [4.78, 5) is 0. The van der Waals surface area contributed by atoms with Crippen molar-refractivity contribution in [2.24, 2.45) is 16.7 Å². The van der Waals surface area contributed by atoms with Crippen molar-refractivity contribution in [1.82, 2.24) is 0 Å². The van der Waals surface area contributed by atoms with Crippen LogP contribution >= 0.6 is 0 Å². The monoisotopic (exact) mass is 210 g/mol. The van der Waals surface area contributed by atoms with Gasteiger partial charge in [-0.2, -0.15) is 0 Å². The fourth-order valence-corrected chi connectivity index (χ4v) is 2.24. The van der Waals surface area contributed by atoms with Crippen molar-refractivity contribution in [2.45, 2.75) is 39.9 Å². The number of ether oxygens (including phenoxy) is 2. The van der Waals surface area contributed by atoms with Gasteiger partial charge in [-0.05, 0) is 5.41 Å². The maximum atomic E-state index is 5.92. The van der Waals surface area contributed by atoms with Crippen molar-refractivity contribution in [3.63, 3.8) is 0 Å². The molecule has 1 saturated heterocycles. The smallest absolute Gasteiger partial charge is 0.172 e. The first-order chi connectivity index (χ1) is 6.81. The van der Waals surface area contributed by atoms with E-state index in [1.807, 2.05) is 6.08 Å². The zero-order valence-corrected chi connectivity index (χ0v) is 10.3. The van der Waals surface area contributed by atoms with E-state index in [0.717, 1.165) is 19.6 Å². The minimum atomic E-state index is -0.285. The van der Waals surface area contributed by atoms with Crippen LogP contribution in [0.3, 0.4) is 0 Å². The van der Waals surface area contributed by atoms with E-state index in [4.69, 9.17) is 9.47 Å². The Labute approximate surface area is 92.6 Å². The fraction of sp³-hybridized carbons (Fsp3) is 0.846. The average Bonchev–Trinajstić information content (AvgIpc) is 2.88. The molecule has 0 N–H and O–H groups in total. The zero-order valence-electron chi connectivity index (χ0n) is 10.3. The molecule has 0 aromatic rings. The second-order valence-corrected chi connectivity index (χ2v) is 6.34. The van der Waals surface area contributed by atoms with Crippen LogP contribution in [0.1, 0.15) is 34.1 Å². The lowest BCUT2D eigenvalue weighted by Crippen LogP contribution is -2.41. The van der Waals surface area contributed by atoms with Gasteiger partial charge in [0.25, 0.3) is 0 Å². The van der Waals surface area contributed by atoms with Gasteiger partial charge >= 0.3 is 0 Å². The molecule has 1 spiro atoms. The minimum absolute atomic E-state index is 0.113. The largest absolute Gasteiger partial charge is 0.349 e. The first kappa shape index (κ1) is 11.2. The van der Waals surface area contributed by atoms with Gasteiger partial charge in [0, 0.05) is 17.8 Å². The van der Waals surface area contributed by atoms with Crippen LogP contribution in [0.2, 0.25) is 0 Å². The summed E-state index contributed by atoms with van der Waals surface area (Å²) in [5.74, 6) is 0.186. The highest BCUT2D eigenvalue weighted by Crippen LogP contribution is 2.59. The normalized spacial score (nSPS) is 32.7. The topological polar surface area (TPSA) is 18.5 Å². The van der Waals surface area contributed by atoms with E-state index in [-0.39, 0.29) is 16.6 Å². The Kier molecular flexibility index (Phi) is 2.29. The van der Waals surface area contributed by atoms with Gasteiger partial charge in [-0.15, -0.1) is 6.58 Å². The summed E-state index contributed by atoms with van der Waals surface area (Å²) in [7, 11) is 0. The summed E-state index contributed by atoms with van der Waals surface area (Å²) in [5.41, 5.74) is 0.276. The lowest BCUT2D eigenvalue weighted by Gasteiger charge is -2.37. The molecular weight excluding hydrogens is 188 g/mol. The van der Waals surface area contributed by atoms with E-state index in [2.05, 4.69) is 34.3 Å². The van der Waals surface area contributed by atoms with E-state index in [0.29, 0.717) is 5.92 Å². The Balaban J connectivity index is 2.01. The first-order valence-electron chi connectivity index (χ1n) is 5.73. The first-order valence-corrected chi connectivity index (χ1v) is 5.73. The van der Waals surface area contributed by atoms with Crippen LogP contribution in [-0.2, 0) is 9.47 Å². The van der Waals surface area contributed by atoms with Crippen LogP contribution in [-0.4, -0.2) is 19.0 Å². The second kappa shape index (κ2) is 3.08. The van der Waals surface area contributed by atoms with Crippen molar-refractivity contribution in [3.8, 4) is 0 Å². The van der Waals surface area contributed by atoms with E-state index in [1.54, 1.807) is 0 Å². The van der Waals surface area contributed by atoms with Crippen LogP contribution in [0.25, 0.3) is 0 Å². The Morgan fingerprint density at radius 2 is 1.80 bits per heavy atom. The van der Waals surface area contributed by atoms with Gasteiger partial charge in [-0.1, -0.05) is 33.8 Å². The second-order valence-electron chi connectivity index (χ2n) is 6.34. The van der Waals surface area contributed by atoms with Gasteiger partial charge in [-0.3, -0.25) is 0 Å². The summed E-state index contributed by atoms with van der Waals surface area (Å²) in [6.07, 6.45) is 3.03. The molecule has 1 aliphatic heterocycles. The molecule has 15 heavy (non-hydrogen) atoms. The Morgan fingerprint density at radius 1 is 1.27 bits per heavy atom. The SMILES string of the molecule is C=CC(C)(C)[C@@H]1CC12OCC(C)(C)CO2. The predicted octanol–water partition coefficient (Wildman–Crippen LogP) is 2.99. The van der Waals surface area contributed by atoms with E-state index in [1.165, 1.54) is 0 Å². The molecule has 1 aliphatic carbocycles. The van der Waals surface area contributed by atoms with Gasteiger partial charge in [-0.25, -0.2) is 0 Å². The number of hydrogen-bond donors (Lipinski definition) is 0. The van der Waals surface area contributed by atoms with Crippen molar-refractivity contribution in [3.05, 3.63) is 12.7 Å². The molecule has 1 atom stereocenters.